The van der Waals surface area contributed by atoms with Gasteiger partial charge in [0.05, 0.1) is 13.0 Å². The first-order valence-electron chi connectivity index (χ1n) is 8.12. The molecule has 1 aliphatic heterocycles. The van der Waals surface area contributed by atoms with E-state index >= 15 is 0 Å². The maximum atomic E-state index is 12.4. The van der Waals surface area contributed by atoms with Gasteiger partial charge in [0.25, 0.3) is 0 Å². The standard InChI is InChI=1S/C18H23N3O3/c1-18(2,3)17-19-16(24-20-17)13-9-15(22)21(11-13)10-12-7-5-6-8-14(12)23-4/h5-8,13H,9-11H2,1-4H3. The van der Waals surface area contributed by atoms with E-state index in [9.17, 15) is 4.79 Å². The third kappa shape index (κ3) is 3.27. The van der Waals surface area contributed by atoms with Gasteiger partial charge >= 0.3 is 0 Å². The molecule has 1 aromatic carbocycles. The van der Waals surface area contributed by atoms with Crippen LogP contribution in [0.2, 0.25) is 0 Å². The van der Waals surface area contributed by atoms with Crippen LogP contribution in [0.25, 0.3) is 0 Å². The summed E-state index contributed by atoms with van der Waals surface area (Å²) in [7, 11) is 1.64. The molecule has 0 bridgehead atoms. The molecule has 6 heteroatoms. The Morgan fingerprint density at radius 1 is 1.33 bits per heavy atom. The van der Waals surface area contributed by atoms with E-state index in [2.05, 4.69) is 10.1 Å². The highest BCUT2D eigenvalue weighted by molar-refractivity contribution is 5.79. The van der Waals surface area contributed by atoms with Crippen LogP contribution in [-0.4, -0.2) is 34.6 Å². The van der Waals surface area contributed by atoms with Crippen molar-refractivity contribution >= 4 is 5.91 Å². The summed E-state index contributed by atoms with van der Waals surface area (Å²) in [5, 5.41) is 4.06. The number of rotatable bonds is 4. The minimum absolute atomic E-state index is 0.0455. The average molecular weight is 329 g/mol. The third-order valence-electron chi connectivity index (χ3n) is 4.23. The van der Waals surface area contributed by atoms with E-state index in [-0.39, 0.29) is 17.2 Å². The summed E-state index contributed by atoms with van der Waals surface area (Å²) < 4.78 is 10.8. The number of aromatic nitrogens is 2. The monoisotopic (exact) mass is 329 g/mol. The molecule has 1 aliphatic rings. The molecular weight excluding hydrogens is 306 g/mol. The molecule has 1 saturated heterocycles. The quantitative estimate of drug-likeness (QED) is 0.863. The first-order valence-corrected chi connectivity index (χ1v) is 8.12. The van der Waals surface area contributed by atoms with Crippen LogP contribution in [-0.2, 0) is 16.8 Å². The normalized spacial score (nSPS) is 18.2. The Hall–Kier alpha value is -2.37. The van der Waals surface area contributed by atoms with Crippen molar-refractivity contribution in [2.45, 2.75) is 45.1 Å². The van der Waals surface area contributed by atoms with Crippen LogP contribution in [0.1, 0.15) is 50.4 Å². The molecule has 128 valence electrons. The van der Waals surface area contributed by atoms with Gasteiger partial charge in [-0.3, -0.25) is 4.79 Å². The second kappa shape index (κ2) is 6.26. The Labute approximate surface area is 141 Å². The van der Waals surface area contributed by atoms with E-state index in [1.54, 1.807) is 7.11 Å². The van der Waals surface area contributed by atoms with Crippen molar-refractivity contribution < 1.29 is 14.1 Å². The Morgan fingerprint density at radius 3 is 2.75 bits per heavy atom. The maximum absolute atomic E-state index is 12.4. The molecule has 0 spiro atoms. The van der Waals surface area contributed by atoms with Gasteiger partial charge in [-0.15, -0.1) is 0 Å². The lowest BCUT2D eigenvalue weighted by Crippen LogP contribution is -2.24. The lowest BCUT2D eigenvalue weighted by molar-refractivity contribution is -0.128. The number of likely N-dealkylation sites (tertiary alicyclic amines) is 1. The predicted octanol–water partition coefficient (Wildman–Crippen LogP) is 2.89. The Bertz CT molecular complexity index is 733. The zero-order valence-corrected chi connectivity index (χ0v) is 14.6. The van der Waals surface area contributed by atoms with Crippen molar-refractivity contribution in [3.05, 3.63) is 41.5 Å². The molecule has 1 aromatic heterocycles. The number of hydrogen-bond donors (Lipinski definition) is 0. The number of ether oxygens (including phenoxy) is 1. The predicted molar refractivity (Wildman–Crippen MR) is 88.8 cm³/mol. The lowest BCUT2D eigenvalue weighted by Gasteiger charge is -2.17. The van der Waals surface area contributed by atoms with Crippen LogP contribution in [0.4, 0.5) is 0 Å². The minimum atomic E-state index is -0.165. The van der Waals surface area contributed by atoms with Crippen molar-refractivity contribution in [1.29, 1.82) is 0 Å². The molecule has 1 unspecified atom stereocenters. The van der Waals surface area contributed by atoms with E-state index in [1.165, 1.54) is 0 Å². The second-order valence-corrected chi connectivity index (χ2v) is 7.19. The average Bonchev–Trinajstić information content (AvgIpc) is 3.15. The summed E-state index contributed by atoms with van der Waals surface area (Å²) >= 11 is 0. The SMILES string of the molecule is COc1ccccc1CN1CC(c2nc(C(C)(C)C)no2)CC1=O. The molecule has 1 atom stereocenters. The number of hydrogen-bond acceptors (Lipinski definition) is 5. The molecular formula is C18H23N3O3. The zero-order valence-electron chi connectivity index (χ0n) is 14.6. The summed E-state index contributed by atoms with van der Waals surface area (Å²) in [6, 6.07) is 7.75. The number of benzene rings is 1. The maximum Gasteiger partial charge on any atom is 0.232 e. The second-order valence-electron chi connectivity index (χ2n) is 7.19. The fraction of sp³-hybridized carbons (Fsp3) is 0.500. The van der Waals surface area contributed by atoms with Gasteiger partial charge in [-0.2, -0.15) is 4.98 Å². The van der Waals surface area contributed by atoms with Crippen LogP contribution in [0, 0.1) is 0 Å². The van der Waals surface area contributed by atoms with Gasteiger partial charge in [0.15, 0.2) is 5.82 Å². The van der Waals surface area contributed by atoms with E-state index in [0.29, 0.717) is 31.2 Å². The van der Waals surface area contributed by atoms with E-state index in [1.807, 2.05) is 49.9 Å². The number of nitrogens with zero attached hydrogens (tertiary/aromatic N) is 3. The highest BCUT2D eigenvalue weighted by Crippen LogP contribution is 2.31. The van der Waals surface area contributed by atoms with Gasteiger partial charge in [0.2, 0.25) is 11.8 Å². The summed E-state index contributed by atoms with van der Waals surface area (Å²) in [5.74, 6) is 2.07. The van der Waals surface area contributed by atoms with Gasteiger partial charge in [0.1, 0.15) is 5.75 Å². The number of para-hydroxylation sites is 1. The van der Waals surface area contributed by atoms with Crippen molar-refractivity contribution in [2.24, 2.45) is 0 Å². The smallest absolute Gasteiger partial charge is 0.232 e. The van der Waals surface area contributed by atoms with Gasteiger partial charge in [0, 0.05) is 30.5 Å². The number of methoxy groups -OCH3 is 1. The Morgan fingerprint density at radius 2 is 2.08 bits per heavy atom. The van der Waals surface area contributed by atoms with Gasteiger partial charge in [-0.1, -0.05) is 44.1 Å². The molecule has 2 heterocycles. The van der Waals surface area contributed by atoms with Crippen molar-refractivity contribution in [1.82, 2.24) is 15.0 Å². The van der Waals surface area contributed by atoms with Crippen LogP contribution in [0.15, 0.2) is 28.8 Å². The molecule has 0 N–H and O–H groups in total. The molecule has 0 aliphatic carbocycles. The van der Waals surface area contributed by atoms with Crippen molar-refractivity contribution in [3.8, 4) is 5.75 Å². The first kappa shape index (κ1) is 16.5. The summed E-state index contributed by atoms with van der Waals surface area (Å²) in [4.78, 5) is 18.7. The minimum Gasteiger partial charge on any atom is -0.496 e. The summed E-state index contributed by atoms with van der Waals surface area (Å²) in [6.07, 6.45) is 0.404. The van der Waals surface area contributed by atoms with E-state index < -0.39 is 0 Å². The fourth-order valence-electron chi connectivity index (χ4n) is 2.84. The van der Waals surface area contributed by atoms with E-state index in [4.69, 9.17) is 9.26 Å². The largest absolute Gasteiger partial charge is 0.496 e. The number of carbonyl (C=O) groups is 1. The summed E-state index contributed by atoms with van der Waals surface area (Å²) in [5.41, 5.74) is 0.830. The molecule has 0 radical (unpaired) electrons. The molecule has 1 amide bonds. The number of carbonyl (C=O) groups excluding carboxylic acids is 1. The molecule has 0 saturated carbocycles. The Kier molecular flexibility index (Phi) is 4.30. The van der Waals surface area contributed by atoms with Crippen molar-refractivity contribution in [2.75, 3.05) is 13.7 Å². The fourth-order valence-corrected chi connectivity index (χ4v) is 2.84. The Balaban J connectivity index is 1.73. The molecule has 3 rings (SSSR count). The zero-order chi connectivity index (χ0) is 17.3. The van der Waals surface area contributed by atoms with Crippen LogP contribution in [0.3, 0.4) is 0 Å². The highest BCUT2D eigenvalue weighted by atomic mass is 16.5. The number of amides is 1. The van der Waals surface area contributed by atoms with Gasteiger partial charge < -0.3 is 14.2 Å². The highest BCUT2D eigenvalue weighted by Gasteiger charge is 2.35. The topological polar surface area (TPSA) is 68.5 Å². The third-order valence-corrected chi connectivity index (χ3v) is 4.23. The molecule has 2 aromatic rings. The van der Waals surface area contributed by atoms with E-state index in [0.717, 1.165) is 11.3 Å². The van der Waals surface area contributed by atoms with Crippen molar-refractivity contribution in [3.63, 3.8) is 0 Å². The van der Waals surface area contributed by atoms with Gasteiger partial charge in [-0.25, -0.2) is 0 Å². The van der Waals surface area contributed by atoms with Crippen LogP contribution < -0.4 is 4.74 Å². The van der Waals surface area contributed by atoms with Crippen LogP contribution in [0.5, 0.6) is 5.75 Å². The van der Waals surface area contributed by atoms with Gasteiger partial charge in [-0.05, 0) is 6.07 Å². The van der Waals surface area contributed by atoms with Crippen LogP contribution >= 0.6 is 0 Å². The lowest BCUT2D eigenvalue weighted by atomic mass is 9.96. The molecule has 6 nitrogen and oxygen atoms in total. The molecule has 1 fully saturated rings. The first-order chi connectivity index (χ1) is 11.4. The molecule has 24 heavy (non-hydrogen) atoms. The summed E-state index contributed by atoms with van der Waals surface area (Å²) in [6.45, 7) is 7.22.